The van der Waals surface area contributed by atoms with Crippen LogP contribution in [0.15, 0.2) is 60.8 Å². The normalized spacial score (nSPS) is 12.1. The molecule has 1 N–H and O–H groups in total. The van der Waals surface area contributed by atoms with Crippen molar-refractivity contribution in [2.75, 3.05) is 5.32 Å². The first-order chi connectivity index (χ1) is 13.1. The summed E-state index contributed by atoms with van der Waals surface area (Å²) in [5.41, 5.74) is 1.79. The molecule has 2 aromatic carbocycles. The smallest absolute Gasteiger partial charge is 0.324 e. The Balaban J connectivity index is 1.89. The van der Waals surface area contributed by atoms with Gasteiger partial charge in [-0.3, -0.25) is 0 Å². The van der Waals surface area contributed by atoms with Crippen molar-refractivity contribution < 1.29 is 13.2 Å². The van der Waals surface area contributed by atoms with Crippen LogP contribution in [0.25, 0.3) is 0 Å². The summed E-state index contributed by atoms with van der Waals surface area (Å²) in [5, 5.41) is 3.00. The van der Waals surface area contributed by atoms with Gasteiger partial charge in [0.25, 0.3) is 0 Å². The summed E-state index contributed by atoms with van der Waals surface area (Å²) < 4.78 is 40.1. The summed E-state index contributed by atoms with van der Waals surface area (Å²) in [6.07, 6.45) is -3.58. The van der Waals surface area contributed by atoms with E-state index < -0.39 is 11.7 Å². The van der Waals surface area contributed by atoms with E-state index in [2.05, 4.69) is 36.1 Å². The zero-order valence-corrected chi connectivity index (χ0v) is 16.0. The summed E-state index contributed by atoms with van der Waals surface area (Å²) in [5.74, 6) is 0.141. The average Bonchev–Trinajstić information content (AvgIpc) is 2.61. The molecule has 6 heteroatoms. The summed E-state index contributed by atoms with van der Waals surface area (Å²) >= 11 is 0. The van der Waals surface area contributed by atoms with Crippen molar-refractivity contribution in [3.8, 4) is 0 Å². The van der Waals surface area contributed by atoms with E-state index >= 15 is 0 Å². The SMILES string of the molecule is CC(C)(C)c1ccc(Nc2ncc(C(F)(F)F)c(Cc3ccccc3)n2)cc1. The van der Waals surface area contributed by atoms with Gasteiger partial charge in [0, 0.05) is 18.3 Å². The van der Waals surface area contributed by atoms with Gasteiger partial charge in [-0.05, 0) is 28.7 Å². The van der Waals surface area contributed by atoms with Crippen molar-refractivity contribution in [2.45, 2.75) is 38.8 Å². The fraction of sp³-hybridized carbons (Fsp3) is 0.273. The lowest BCUT2D eigenvalue weighted by Crippen LogP contribution is -2.14. The Hall–Kier alpha value is -2.89. The van der Waals surface area contributed by atoms with E-state index in [4.69, 9.17) is 0 Å². The maximum atomic E-state index is 13.4. The molecular weight excluding hydrogens is 363 g/mol. The molecule has 0 aliphatic heterocycles. The molecule has 0 saturated carbocycles. The van der Waals surface area contributed by atoms with Crippen LogP contribution in [0.4, 0.5) is 24.8 Å². The second-order valence-electron chi connectivity index (χ2n) is 7.67. The molecule has 3 aromatic rings. The molecule has 3 nitrogen and oxygen atoms in total. The fourth-order valence-corrected chi connectivity index (χ4v) is 2.82. The third kappa shape index (κ3) is 4.88. The molecular formula is C22H22F3N3. The summed E-state index contributed by atoms with van der Waals surface area (Å²) in [6.45, 7) is 6.35. The third-order valence-electron chi connectivity index (χ3n) is 4.39. The van der Waals surface area contributed by atoms with Gasteiger partial charge >= 0.3 is 6.18 Å². The number of alkyl halides is 3. The lowest BCUT2D eigenvalue weighted by Gasteiger charge is -2.19. The Morgan fingerprint density at radius 1 is 0.893 bits per heavy atom. The monoisotopic (exact) mass is 385 g/mol. The number of rotatable bonds is 4. The van der Waals surface area contributed by atoms with Crippen LogP contribution in [0.2, 0.25) is 0 Å². The Bertz CT molecular complexity index is 928. The van der Waals surface area contributed by atoms with Crippen LogP contribution in [0, 0.1) is 0 Å². The predicted octanol–water partition coefficient (Wildman–Crippen LogP) is 6.13. The summed E-state index contributed by atoms with van der Waals surface area (Å²) in [4.78, 5) is 8.03. The summed E-state index contributed by atoms with van der Waals surface area (Å²) in [6, 6.07) is 16.7. The van der Waals surface area contributed by atoms with Crippen LogP contribution in [0.5, 0.6) is 0 Å². The maximum Gasteiger partial charge on any atom is 0.419 e. The van der Waals surface area contributed by atoms with Gasteiger partial charge in [-0.1, -0.05) is 63.2 Å². The van der Waals surface area contributed by atoms with Gasteiger partial charge in [0.1, 0.15) is 0 Å². The molecule has 0 fully saturated rings. The highest BCUT2D eigenvalue weighted by Crippen LogP contribution is 2.32. The van der Waals surface area contributed by atoms with E-state index in [1.165, 1.54) is 0 Å². The van der Waals surface area contributed by atoms with Crippen molar-refractivity contribution in [2.24, 2.45) is 0 Å². The second-order valence-corrected chi connectivity index (χ2v) is 7.67. The van der Waals surface area contributed by atoms with E-state index in [1.54, 1.807) is 24.3 Å². The number of hydrogen-bond donors (Lipinski definition) is 1. The van der Waals surface area contributed by atoms with E-state index in [0.29, 0.717) is 0 Å². The van der Waals surface area contributed by atoms with Crippen LogP contribution < -0.4 is 5.32 Å². The number of halogens is 3. The second kappa shape index (κ2) is 7.62. The van der Waals surface area contributed by atoms with Crippen LogP contribution in [-0.2, 0) is 18.0 Å². The Labute approximate surface area is 162 Å². The third-order valence-corrected chi connectivity index (χ3v) is 4.39. The molecule has 0 amide bonds. The van der Waals surface area contributed by atoms with Gasteiger partial charge in [-0.2, -0.15) is 13.2 Å². The highest BCUT2D eigenvalue weighted by molar-refractivity contribution is 5.54. The van der Waals surface area contributed by atoms with Gasteiger partial charge in [0.05, 0.1) is 11.3 Å². The zero-order valence-electron chi connectivity index (χ0n) is 16.0. The van der Waals surface area contributed by atoms with Crippen molar-refractivity contribution in [1.29, 1.82) is 0 Å². The maximum absolute atomic E-state index is 13.4. The fourth-order valence-electron chi connectivity index (χ4n) is 2.82. The van der Waals surface area contributed by atoms with Gasteiger partial charge < -0.3 is 5.32 Å². The molecule has 1 aromatic heterocycles. The Kier molecular flexibility index (Phi) is 5.40. The van der Waals surface area contributed by atoms with Crippen molar-refractivity contribution >= 4 is 11.6 Å². The van der Waals surface area contributed by atoms with E-state index in [-0.39, 0.29) is 23.5 Å². The lowest BCUT2D eigenvalue weighted by atomic mass is 9.87. The largest absolute Gasteiger partial charge is 0.419 e. The first-order valence-electron chi connectivity index (χ1n) is 8.97. The van der Waals surface area contributed by atoms with Gasteiger partial charge in [-0.25, -0.2) is 9.97 Å². The van der Waals surface area contributed by atoms with Crippen molar-refractivity contribution in [1.82, 2.24) is 9.97 Å². The Morgan fingerprint density at radius 3 is 2.11 bits per heavy atom. The first-order valence-corrected chi connectivity index (χ1v) is 8.97. The molecule has 146 valence electrons. The molecule has 0 aliphatic carbocycles. The topological polar surface area (TPSA) is 37.8 Å². The van der Waals surface area contributed by atoms with Crippen LogP contribution >= 0.6 is 0 Å². The molecule has 0 unspecified atom stereocenters. The molecule has 0 aliphatic rings. The first kappa shape index (κ1) is 19.9. The molecule has 0 radical (unpaired) electrons. The van der Waals surface area contributed by atoms with Gasteiger partial charge in [0.2, 0.25) is 5.95 Å². The zero-order chi connectivity index (χ0) is 20.4. The molecule has 0 spiro atoms. The number of benzene rings is 2. The van der Waals surface area contributed by atoms with E-state index in [0.717, 1.165) is 23.0 Å². The van der Waals surface area contributed by atoms with Crippen LogP contribution in [0.3, 0.4) is 0 Å². The molecule has 1 heterocycles. The number of aromatic nitrogens is 2. The molecule has 0 saturated heterocycles. The molecule has 0 atom stereocenters. The number of hydrogen-bond acceptors (Lipinski definition) is 3. The average molecular weight is 385 g/mol. The number of anilines is 2. The molecule has 28 heavy (non-hydrogen) atoms. The van der Waals surface area contributed by atoms with E-state index in [1.807, 2.05) is 30.3 Å². The lowest BCUT2D eigenvalue weighted by molar-refractivity contribution is -0.138. The minimum atomic E-state index is -4.50. The summed E-state index contributed by atoms with van der Waals surface area (Å²) in [7, 11) is 0. The standard InChI is InChI=1S/C22H22F3N3/c1-21(2,3)16-9-11-17(12-10-16)27-20-26-14-18(22(23,24)25)19(28-20)13-15-7-5-4-6-8-15/h4-12,14H,13H2,1-3H3,(H,26,27,28). The minimum absolute atomic E-state index is 0.0201. The quantitative estimate of drug-likeness (QED) is 0.587. The number of nitrogens with one attached hydrogen (secondary N) is 1. The highest BCUT2D eigenvalue weighted by Gasteiger charge is 2.35. The Morgan fingerprint density at radius 2 is 1.54 bits per heavy atom. The van der Waals surface area contributed by atoms with E-state index in [9.17, 15) is 13.2 Å². The van der Waals surface area contributed by atoms with Gasteiger partial charge in [-0.15, -0.1) is 0 Å². The molecule has 3 rings (SSSR count). The minimum Gasteiger partial charge on any atom is -0.324 e. The van der Waals surface area contributed by atoms with Crippen LogP contribution in [-0.4, -0.2) is 9.97 Å². The predicted molar refractivity (Wildman–Crippen MR) is 105 cm³/mol. The van der Waals surface area contributed by atoms with Gasteiger partial charge in [0.15, 0.2) is 0 Å². The van der Waals surface area contributed by atoms with Crippen LogP contribution in [0.1, 0.15) is 43.2 Å². The molecule has 0 bridgehead atoms. The van der Waals surface area contributed by atoms with Crippen molar-refractivity contribution in [3.05, 3.63) is 83.2 Å². The number of nitrogens with zero attached hydrogens (tertiary/aromatic N) is 2. The van der Waals surface area contributed by atoms with Crippen molar-refractivity contribution in [3.63, 3.8) is 0 Å². The highest BCUT2D eigenvalue weighted by atomic mass is 19.4.